The van der Waals surface area contributed by atoms with Gasteiger partial charge in [-0.05, 0) is 24.6 Å². The Kier molecular flexibility index (Phi) is 3.85. The van der Waals surface area contributed by atoms with E-state index in [4.69, 9.17) is 10.5 Å². The highest BCUT2D eigenvalue weighted by molar-refractivity contribution is 5.48. The molecule has 0 aliphatic rings. The van der Waals surface area contributed by atoms with Crippen molar-refractivity contribution in [3.8, 4) is 11.4 Å². The molecule has 0 spiro atoms. The molecule has 0 amide bonds. The molecule has 0 bridgehead atoms. The van der Waals surface area contributed by atoms with Crippen molar-refractivity contribution in [2.45, 2.75) is 33.2 Å². The predicted octanol–water partition coefficient (Wildman–Crippen LogP) is 2.17. The van der Waals surface area contributed by atoms with E-state index >= 15 is 0 Å². The SMILES string of the molecule is COc1ccc(C)cc1-n1nc(C(C)C)nc1CN. The maximum absolute atomic E-state index is 5.77. The number of aryl methyl sites for hydroxylation is 1. The number of methoxy groups -OCH3 is 1. The molecular weight excluding hydrogens is 240 g/mol. The Morgan fingerprint density at radius 1 is 1.37 bits per heavy atom. The molecule has 0 fully saturated rings. The summed E-state index contributed by atoms with van der Waals surface area (Å²) in [6.45, 7) is 6.50. The number of hydrogen-bond acceptors (Lipinski definition) is 4. The van der Waals surface area contributed by atoms with E-state index in [1.165, 1.54) is 0 Å². The molecule has 0 unspecified atom stereocenters. The highest BCUT2D eigenvalue weighted by Gasteiger charge is 2.15. The van der Waals surface area contributed by atoms with E-state index in [-0.39, 0.29) is 5.92 Å². The van der Waals surface area contributed by atoms with Crippen molar-refractivity contribution in [2.24, 2.45) is 5.73 Å². The van der Waals surface area contributed by atoms with Gasteiger partial charge >= 0.3 is 0 Å². The van der Waals surface area contributed by atoms with Crippen LogP contribution in [0.4, 0.5) is 0 Å². The number of benzene rings is 1. The summed E-state index contributed by atoms with van der Waals surface area (Å²) in [6, 6.07) is 5.96. The molecule has 5 nitrogen and oxygen atoms in total. The lowest BCUT2D eigenvalue weighted by Crippen LogP contribution is -2.09. The average molecular weight is 260 g/mol. The molecule has 102 valence electrons. The van der Waals surface area contributed by atoms with Crippen LogP contribution in [-0.4, -0.2) is 21.9 Å². The van der Waals surface area contributed by atoms with Gasteiger partial charge in [-0.3, -0.25) is 0 Å². The Balaban J connectivity index is 2.60. The van der Waals surface area contributed by atoms with Crippen LogP contribution < -0.4 is 10.5 Å². The zero-order valence-electron chi connectivity index (χ0n) is 11.8. The fourth-order valence-corrected chi connectivity index (χ4v) is 1.90. The first-order valence-corrected chi connectivity index (χ1v) is 6.37. The van der Waals surface area contributed by atoms with Crippen molar-refractivity contribution >= 4 is 0 Å². The molecule has 0 atom stereocenters. The largest absolute Gasteiger partial charge is 0.494 e. The minimum atomic E-state index is 0.266. The average Bonchev–Trinajstić information content (AvgIpc) is 2.82. The van der Waals surface area contributed by atoms with Crippen molar-refractivity contribution < 1.29 is 4.74 Å². The van der Waals surface area contributed by atoms with Gasteiger partial charge in [-0.1, -0.05) is 19.9 Å². The monoisotopic (exact) mass is 260 g/mol. The summed E-state index contributed by atoms with van der Waals surface area (Å²) >= 11 is 0. The molecule has 0 saturated heterocycles. The number of ether oxygens (including phenoxy) is 1. The third-order valence-electron chi connectivity index (χ3n) is 2.95. The minimum absolute atomic E-state index is 0.266. The maximum atomic E-state index is 5.77. The van der Waals surface area contributed by atoms with Gasteiger partial charge in [-0.2, -0.15) is 5.10 Å². The summed E-state index contributed by atoms with van der Waals surface area (Å²) in [5.74, 6) is 2.57. The zero-order valence-corrected chi connectivity index (χ0v) is 11.8. The summed E-state index contributed by atoms with van der Waals surface area (Å²) in [6.07, 6.45) is 0. The fraction of sp³-hybridized carbons (Fsp3) is 0.429. The molecule has 1 aromatic heterocycles. The van der Waals surface area contributed by atoms with Crippen LogP contribution in [0.15, 0.2) is 18.2 Å². The highest BCUT2D eigenvalue weighted by atomic mass is 16.5. The van der Waals surface area contributed by atoms with E-state index in [1.54, 1.807) is 11.8 Å². The standard InChI is InChI=1S/C14H20N4O/c1-9(2)14-16-13(8-15)18(17-14)11-7-10(3)5-6-12(11)19-4/h5-7,9H,8,15H2,1-4H3. The highest BCUT2D eigenvalue weighted by Crippen LogP contribution is 2.25. The molecule has 1 heterocycles. The second-order valence-corrected chi connectivity index (χ2v) is 4.83. The van der Waals surface area contributed by atoms with Crippen molar-refractivity contribution in [2.75, 3.05) is 7.11 Å². The van der Waals surface area contributed by atoms with Gasteiger partial charge in [-0.25, -0.2) is 9.67 Å². The van der Waals surface area contributed by atoms with Crippen LogP contribution in [0.2, 0.25) is 0 Å². The summed E-state index contributed by atoms with van der Waals surface area (Å²) < 4.78 is 7.17. The fourth-order valence-electron chi connectivity index (χ4n) is 1.90. The summed E-state index contributed by atoms with van der Waals surface area (Å²) in [7, 11) is 1.65. The Labute approximate surface area is 113 Å². The third-order valence-corrected chi connectivity index (χ3v) is 2.95. The van der Waals surface area contributed by atoms with Gasteiger partial charge in [0.05, 0.1) is 13.7 Å². The van der Waals surface area contributed by atoms with E-state index in [2.05, 4.69) is 23.9 Å². The van der Waals surface area contributed by atoms with E-state index in [0.717, 1.165) is 28.6 Å². The number of nitrogens with zero attached hydrogens (tertiary/aromatic N) is 3. The van der Waals surface area contributed by atoms with Crippen LogP contribution in [0.3, 0.4) is 0 Å². The van der Waals surface area contributed by atoms with Gasteiger partial charge in [0.1, 0.15) is 17.3 Å². The van der Waals surface area contributed by atoms with E-state index in [9.17, 15) is 0 Å². The van der Waals surface area contributed by atoms with Gasteiger partial charge in [0.15, 0.2) is 5.82 Å². The molecule has 19 heavy (non-hydrogen) atoms. The van der Waals surface area contributed by atoms with Gasteiger partial charge in [0.2, 0.25) is 0 Å². The predicted molar refractivity (Wildman–Crippen MR) is 74.6 cm³/mol. The van der Waals surface area contributed by atoms with Crippen LogP contribution >= 0.6 is 0 Å². The molecule has 0 saturated carbocycles. The molecule has 5 heteroatoms. The second-order valence-electron chi connectivity index (χ2n) is 4.83. The molecule has 2 rings (SSSR count). The number of aromatic nitrogens is 3. The molecule has 0 radical (unpaired) electrons. The Morgan fingerprint density at radius 3 is 2.68 bits per heavy atom. The first kappa shape index (κ1) is 13.5. The van der Waals surface area contributed by atoms with Crippen molar-refractivity contribution in [3.05, 3.63) is 35.4 Å². The van der Waals surface area contributed by atoms with Gasteiger partial charge in [0.25, 0.3) is 0 Å². The molecule has 0 aliphatic carbocycles. The number of hydrogen-bond donors (Lipinski definition) is 1. The normalized spacial score (nSPS) is 11.1. The van der Waals surface area contributed by atoms with Crippen molar-refractivity contribution in [1.82, 2.24) is 14.8 Å². The summed E-state index contributed by atoms with van der Waals surface area (Å²) in [5, 5.41) is 4.55. The van der Waals surface area contributed by atoms with Crippen molar-refractivity contribution in [1.29, 1.82) is 0 Å². The molecular formula is C14H20N4O. The van der Waals surface area contributed by atoms with Gasteiger partial charge in [-0.15, -0.1) is 0 Å². The third kappa shape index (κ3) is 2.61. The van der Waals surface area contributed by atoms with Crippen LogP contribution in [0.5, 0.6) is 5.75 Å². The Hall–Kier alpha value is -1.88. The Morgan fingerprint density at radius 2 is 2.11 bits per heavy atom. The van der Waals surface area contributed by atoms with E-state index < -0.39 is 0 Å². The minimum Gasteiger partial charge on any atom is -0.494 e. The maximum Gasteiger partial charge on any atom is 0.153 e. The van der Waals surface area contributed by atoms with Crippen LogP contribution in [0, 0.1) is 6.92 Å². The van der Waals surface area contributed by atoms with Crippen LogP contribution in [0.25, 0.3) is 5.69 Å². The quantitative estimate of drug-likeness (QED) is 0.915. The van der Waals surface area contributed by atoms with E-state index in [0.29, 0.717) is 6.54 Å². The Bertz CT molecular complexity index is 575. The van der Waals surface area contributed by atoms with Gasteiger partial charge < -0.3 is 10.5 Å². The first-order chi connectivity index (χ1) is 9.06. The lowest BCUT2D eigenvalue weighted by atomic mass is 10.2. The molecule has 1 aromatic carbocycles. The van der Waals surface area contributed by atoms with Crippen LogP contribution in [-0.2, 0) is 6.54 Å². The molecule has 2 N–H and O–H groups in total. The van der Waals surface area contributed by atoms with E-state index in [1.807, 2.05) is 25.1 Å². The number of nitrogens with two attached hydrogens (primary N) is 1. The number of rotatable bonds is 4. The summed E-state index contributed by atoms with van der Waals surface area (Å²) in [4.78, 5) is 4.48. The van der Waals surface area contributed by atoms with Crippen LogP contribution in [0.1, 0.15) is 37.0 Å². The zero-order chi connectivity index (χ0) is 14.0. The first-order valence-electron chi connectivity index (χ1n) is 6.37. The lowest BCUT2D eigenvalue weighted by molar-refractivity contribution is 0.411. The second kappa shape index (κ2) is 5.40. The summed E-state index contributed by atoms with van der Waals surface area (Å²) in [5.41, 5.74) is 7.78. The lowest BCUT2D eigenvalue weighted by Gasteiger charge is -2.10. The topological polar surface area (TPSA) is 66.0 Å². The molecule has 2 aromatic rings. The molecule has 0 aliphatic heterocycles. The van der Waals surface area contributed by atoms with Gasteiger partial charge in [0, 0.05) is 5.92 Å². The van der Waals surface area contributed by atoms with Crippen molar-refractivity contribution in [3.63, 3.8) is 0 Å². The smallest absolute Gasteiger partial charge is 0.153 e.